The minimum atomic E-state index is -2.82. The molecule has 148 valence electrons. The number of hydrogen-bond donors (Lipinski definition) is 0. The summed E-state index contributed by atoms with van der Waals surface area (Å²) < 4.78 is 26.3. The first-order chi connectivity index (χ1) is 13.6. The zero-order chi connectivity index (χ0) is 20.1. The van der Waals surface area contributed by atoms with Crippen molar-refractivity contribution in [3.8, 4) is 17.6 Å². The number of aromatic nitrogens is 1. The molecule has 0 N–H and O–H groups in total. The fourth-order valence-electron chi connectivity index (χ4n) is 3.65. The van der Waals surface area contributed by atoms with Gasteiger partial charge in [-0.25, -0.2) is 0 Å². The number of ether oxygens (including phenoxy) is 2. The van der Waals surface area contributed by atoms with E-state index in [9.17, 15) is 14.7 Å². The fourth-order valence-corrected chi connectivity index (χ4v) is 3.98. The summed E-state index contributed by atoms with van der Waals surface area (Å²) in [7, 11) is 0.321. The van der Waals surface area contributed by atoms with Gasteiger partial charge in [-0.2, -0.15) is 5.26 Å². The van der Waals surface area contributed by atoms with E-state index in [-0.39, 0.29) is 12.5 Å². The van der Waals surface area contributed by atoms with E-state index in [1.54, 1.807) is 26.5 Å². The van der Waals surface area contributed by atoms with Crippen molar-refractivity contribution in [2.24, 2.45) is 5.92 Å². The normalized spacial score (nSPS) is 17.7. The zero-order valence-electron chi connectivity index (χ0n) is 15.9. The molecule has 1 aromatic carbocycles. The molecule has 0 amide bonds. The molecule has 3 rings (SSSR count). The lowest BCUT2D eigenvalue weighted by Gasteiger charge is -2.25. The summed E-state index contributed by atoms with van der Waals surface area (Å²) in [5.41, 5.74) is 2.04. The maximum absolute atomic E-state index is 10.7. The van der Waals surface area contributed by atoms with Crippen LogP contribution in [0.4, 0.5) is 5.69 Å². The third kappa shape index (κ3) is 4.33. The molecule has 1 saturated heterocycles. The molecule has 2 aromatic rings. The predicted octanol–water partition coefficient (Wildman–Crippen LogP) is 2.76. The molecular formula is C19H22N3O5P. The van der Waals surface area contributed by atoms with Crippen LogP contribution in [0.1, 0.15) is 24.8 Å². The summed E-state index contributed by atoms with van der Waals surface area (Å²) in [6, 6.07) is 5.90. The first-order valence-electron chi connectivity index (χ1n) is 9.04. The van der Waals surface area contributed by atoms with Crippen molar-refractivity contribution < 1.29 is 23.5 Å². The number of nitriles is 1. The van der Waals surface area contributed by atoms with Crippen LogP contribution >= 0.6 is 8.25 Å². The van der Waals surface area contributed by atoms with Crippen LogP contribution in [0.25, 0.3) is 10.9 Å². The summed E-state index contributed by atoms with van der Waals surface area (Å²) in [6.45, 7) is 1.67. The summed E-state index contributed by atoms with van der Waals surface area (Å²) in [5, 5.41) is 10.5. The van der Waals surface area contributed by atoms with Gasteiger partial charge in [0, 0.05) is 30.7 Å². The van der Waals surface area contributed by atoms with Gasteiger partial charge in [0.1, 0.15) is 12.7 Å². The molecule has 2 unspecified atom stereocenters. The van der Waals surface area contributed by atoms with E-state index in [0.29, 0.717) is 23.6 Å². The molecule has 2 atom stereocenters. The second-order valence-corrected chi connectivity index (χ2v) is 7.37. The monoisotopic (exact) mass is 403 g/mol. The molecule has 2 heterocycles. The van der Waals surface area contributed by atoms with Crippen molar-refractivity contribution in [2.75, 3.05) is 38.8 Å². The Hall–Kier alpha value is -2.46. The predicted molar refractivity (Wildman–Crippen MR) is 103 cm³/mol. The Kier molecular flexibility index (Phi) is 6.63. The molecule has 9 heteroatoms. The second-order valence-electron chi connectivity index (χ2n) is 6.66. The van der Waals surface area contributed by atoms with Crippen molar-refractivity contribution >= 4 is 24.8 Å². The Labute approximate surface area is 164 Å². The van der Waals surface area contributed by atoms with E-state index in [0.717, 1.165) is 42.4 Å². The molecule has 0 saturated carbocycles. The number of fused-ring (bicyclic) bond motifs is 1. The summed E-state index contributed by atoms with van der Waals surface area (Å²) in [5.74, 6) is 1.33. The number of methoxy groups -OCH3 is 2. The zero-order valence-corrected chi connectivity index (χ0v) is 16.8. The van der Waals surface area contributed by atoms with Gasteiger partial charge in [-0.15, -0.1) is 4.52 Å². The molecule has 1 fully saturated rings. The average molecular weight is 403 g/mol. The van der Waals surface area contributed by atoms with Crippen molar-refractivity contribution in [1.29, 1.82) is 5.26 Å². The number of pyridine rings is 1. The maximum Gasteiger partial charge on any atom is 0.488 e. The first-order valence-corrected chi connectivity index (χ1v) is 10.1. The van der Waals surface area contributed by atoms with Gasteiger partial charge in [0.2, 0.25) is 0 Å². The minimum Gasteiger partial charge on any atom is -0.566 e. The lowest BCUT2D eigenvalue weighted by Crippen LogP contribution is -2.25. The van der Waals surface area contributed by atoms with E-state index in [2.05, 4.69) is 16.0 Å². The van der Waals surface area contributed by atoms with Gasteiger partial charge >= 0.3 is 8.25 Å². The first kappa shape index (κ1) is 20.3. The highest BCUT2D eigenvalue weighted by Gasteiger charge is 2.23. The molecule has 28 heavy (non-hydrogen) atoms. The van der Waals surface area contributed by atoms with Gasteiger partial charge in [0.25, 0.3) is 0 Å². The smallest absolute Gasteiger partial charge is 0.488 e. The highest BCUT2D eigenvalue weighted by molar-refractivity contribution is 7.30. The Balaban J connectivity index is 1.96. The maximum atomic E-state index is 10.7. The Morgan fingerprint density at radius 3 is 2.71 bits per heavy atom. The summed E-state index contributed by atoms with van der Waals surface area (Å²) in [6.07, 6.45) is 4.12. The standard InChI is InChI=1S/C19H22N3O5P/c1-25-17-8-15-16(9-18(17)26-2)21-11-14(10-20)19(15)22-6-3-4-13(5-7-22)12-27-28(23)24/h8-9,11,13H,3-7,12H2,1-2H3. The van der Waals surface area contributed by atoms with Crippen LogP contribution in [0.5, 0.6) is 11.5 Å². The fraction of sp³-hybridized carbons (Fsp3) is 0.474. The summed E-state index contributed by atoms with van der Waals surface area (Å²) in [4.78, 5) is 17.3. The molecular weight excluding hydrogens is 381 g/mol. The van der Waals surface area contributed by atoms with E-state index < -0.39 is 8.25 Å². The minimum absolute atomic E-state index is 0.172. The van der Waals surface area contributed by atoms with Crippen molar-refractivity contribution in [3.05, 3.63) is 23.9 Å². The molecule has 1 aliphatic heterocycles. The second kappa shape index (κ2) is 9.16. The highest BCUT2D eigenvalue weighted by atomic mass is 31.1. The van der Waals surface area contributed by atoms with E-state index in [1.807, 2.05) is 6.07 Å². The van der Waals surface area contributed by atoms with E-state index >= 15 is 0 Å². The van der Waals surface area contributed by atoms with E-state index in [4.69, 9.17) is 14.0 Å². The van der Waals surface area contributed by atoms with E-state index in [1.165, 1.54) is 0 Å². The van der Waals surface area contributed by atoms with Gasteiger partial charge in [-0.05, 0) is 35.8 Å². The molecule has 0 spiro atoms. The van der Waals surface area contributed by atoms with Crippen LogP contribution in [-0.4, -0.2) is 38.9 Å². The molecule has 1 aliphatic rings. The Morgan fingerprint density at radius 1 is 1.29 bits per heavy atom. The van der Waals surface area contributed by atoms with Gasteiger partial charge < -0.3 is 19.3 Å². The van der Waals surface area contributed by atoms with Gasteiger partial charge in [0.05, 0.1) is 31.0 Å². The van der Waals surface area contributed by atoms with Crippen molar-refractivity contribution in [2.45, 2.75) is 19.3 Å². The number of nitrogens with zero attached hydrogens (tertiary/aromatic N) is 3. The third-order valence-electron chi connectivity index (χ3n) is 5.04. The molecule has 0 aliphatic carbocycles. The summed E-state index contributed by atoms with van der Waals surface area (Å²) >= 11 is 0. The van der Waals surface area contributed by atoms with Crippen molar-refractivity contribution in [1.82, 2.24) is 4.98 Å². The average Bonchev–Trinajstić information content (AvgIpc) is 2.95. The molecule has 1 aromatic heterocycles. The van der Waals surface area contributed by atoms with Crippen LogP contribution in [0.3, 0.4) is 0 Å². The van der Waals surface area contributed by atoms with Gasteiger partial charge in [0.15, 0.2) is 11.5 Å². The molecule has 0 bridgehead atoms. The number of rotatable bonds is 6. The van der Waals surface area contributed by atoms with Crippen LogP contribution in [-0.2, 0) is 9.09 Å². The third-order valence-corrected chi connectivity index (χ3v) is 5.40. The quantitative estimate of drug-likeness (QED) is 0.678. The van der Waals surface area contributed by atoms with Crippen LogP contribution in [0.2, 0.25) is 0 Å². The van der Waals surface area contributed by atoms with Gasteiger partial charge in [-0.3, -0.25) is 4.98 Å². The molecule has 0 radical (unpaired) electrons. The van der Waals surface area contributed by atoms with Crippen LogP contribution in [0, 0.1) is 17.2 Å². The number of benzene rings is 1. The Morgan fingerprint density at radius 2 is 2.04 bits per heavy atom. The lowest BCUT2D eigenvalue weighted by atomic mass is 10.0. The van der Waals surface area contributed by atoms with Crippen LogP contribution < -0.4 is 19.3 Å². The number of anilines is 1. The Bertz CT molecular complexity index is 915. The lowest BCUT2D eigenvalue weighted by molar-refractivity contribution is -0.186. The SMILES string of the molecule is COc1cc2ncc(C#N)c(N3CCCC(CO[P+](=O)[O-])CC3)c2cc1OC. The van der Waals surface area contributed by atoms with Crippen molar-refractivity contribution in [3.63, 3.8) is 0 Å². The highest BCUT2D eigenvalue weighted by Crippen LogP contribution is 2.38. The van der Waals surface area contributed by atoms with Gasteiger partial charge in [-0.1, -0.05) is 0 Å². The largest absolute Gasteiger partial charge is 0.566 e. The molecule has 8 nitrogen and oxygen atoms in total. The number of hydrogen-bond acceptors (Lipinski definition) is 8. The van der Waals surface area contributed by atoms with Crippen LogP contribution in [0.15, 0.2) is 18.3 Å². The topological polar surface area (TPSA) is 108 Å².